The van der Waals surface area contributed by atoms with Gasteiger partial charge in [0.25, 0.3) is 0 Å². The molecule has 13 heavy (non-hydrogen) atoms. The van der Waals surface area contributed by atoms with Crippen LogP contribution in [0.25, 0.3) is 0 Å². The third-order valence-corrected chi connectivity index (χ3v) is 2.59. The molecule has 1 N–H and O–H groups in total. The Hall–Kier alpha value is -0.940. The van der Waals surface area contributed by atoms with Crippen LogP contribution in [-0.4, -0.2) is 28.6 Å². The molecular weight excluding hydrogens is 190 g/mol. The van der Waals surface area contributed by atoms with Crippen molar-refractivity contribution in [2.75, 3.05) is 7.11 Å². The summed E-state index contributed by atoms with van der Waals surface area (Å²) in [7, 11) is 1.47. The van der Waals surface area contributed by atoms with Crippen LogP contribution in [0.2, 0.25) is 0 Å². The second-order valence-corrected chi connectivity index (χ2v) is 3.54. The van der Waals surface area contributed by atoms with Crippen LogP contribution < -0.4 is 0 Å². The molecule has 0 aromatic heterocycles. The lowest BCUT2D eigenvalue weighted by Gasteiger charge is -2.16. The van der Waals surface area contributed by atoms with Gasteiger partial charge in [-0.05, 0) is 12.8 Å². The van der Waals surface area contributed by atoms with Gasteiger partial charge in [0.2, 0.25) is 0 Å². The van der Waals surface area contributed by atoms with E-state index in [9.17, 15) is 4.21 Å². The van der Waals surface area contributed by atoms with Crippen LogP contribution in [0.5, 0.6) is 0 Å². The first-order valence-corrected chi connectivity index (χ1v) is 4.81. The Morgan fingerprint density at radius 1 is 1.85 bits per heavy atom. The molecule has 0 fully saturated rings. The summed E-state index contributed by atoms with van der Waals surface area (Å²) in [6, 6.07) is -0.120. The maximum absolute atomic E-state index is 10.9. The predicted molar refractivity (Wildman–Crippen MR) is 51.9 cm³/mol. The molecule has 0 aromatic rings. The number of hydrogen-bond acceptors (Lipinski definition) is 3. The molecule has 0 saturated carbocycles. The van der Waals surface area contributed by atoms with Crippen molar-refractivity contribution in [2.24, 2.45) is 4.99 Å². The van der Waals surface area contributed by atoms with E-state index in [0.717, 1.165) is 0 Å². The van der Waals surface area contributed by atoms with Crippen molar-refractivity contribution in [3.63, 3.8) is 0 Å². The molecule has 1 rings (SSSR count). The average molecular weight is 201 g/mol. The summed E-state index contributed by atoms with van der Waals surface area (Å²) in [6.07, 6.45) is 3.83. The zero-order chi connectivity index (χ0) is 9.84. The Bertz CT molecular complexity index is 296. The van der Waals surface area contributed by atoms with Crippen LogP contribution in [0.4, 0.5) is 0 Å². The maximum atomic E-state index is 10.9. The fourth-order valence-electron chi connectivity index (χ4n) is 1.11. The van der Waals surface area contributed by atoms with Crippen LogP contribution >= 0.6 is 0 Å². The molecule has 72 valence electrons. The quantitative estimate of drug-likeness (QED) is 0.549. The van der Waals surface area contributed by atoms with Crippen molar-refractivity contribution in [1.29, 1.82) is 0 Å². The normalized spacial score (nSPS) is 24.3. The zero-order valence-corrected chi connectivity index (χ0v) is 8.08. The van der Waals surface area contributed by atoms with Crippen LogP contribution in [0.3, 0.4) is 0 Å². The molecule has 1 aliphatic rings. The Morgan fingerprint density at radius 3 is 3.00 bits per heavy atom. The van der Waals surface area contributed by atoms with Gasteiger partial charge in [0.1, 0.15) is 5.76 Å². The zero-order valence-electron chi connectivity index (χ0n) is 7.27. The minimum atomic E-state index is -1.99. The Labute approximate surface area is 79.3 Å². The summed E-state index contributed by atoms with van der Waals surface area (Å²) in [4.78, 5) is 4.14. The number of allylic oxidation sites excluding steroid dienone is 1. The molecule has 0 heterocycles. The van der Waals surface area contributed by atoms with Gasteiger partial charge in [-0.2, -0.15) is 0 Å². The van der Waals surface area contributed by atoms with Crippen LogP contribution in [0.15, 0.2) is 27.8 Å². The van der Waals surface area contributed by atoms with Gasteiger partial charge in [-0.25, -0.2) is 4.21 Å². The average Bonchev–Trinajstić information content (AvgIpc) is 2.16. The summed E-state index contributed by atoms with van der Waals surface area (Å²) >= 11 is -1.99. The number of rotatable bonds is 3. The Kier molecular flexibility index (Phi) is 3.39. The highest BCUT2D eigenvalue weighted by atomic mass is 32.2. The highest BCUT2D eigenvalue weighted by Gasteiger charge is 2.19. The van der Waals surface area contributed by atoms with E-state index in [1.807, 2.05) is 0 Å². The third kappa shape index (κ3) is 2.26. The highest BCUT2D eigenvalue weighted by Crippen LogP contribution is 2.23. The van der Waals surface area contributed by atoms with E-state index in [2.05, 4.69) is 11.7 Å². The monoisotopic (exact) mass is 201 g/mol. The third-order valence-electron chi connectivity index (χ3n) is 1.80. The molecule has 0 bridgehead atoms. The molecule has 0 aliphatic heterocycles. The van der Waals surface area contributed by atoms with Crippen LogP contribution in [0.1, 0.15) is 6.42 Å². The lowest BCUT2D eigenvalue weighted by Crippen LogP contribution is -2.12. The van der Waals surface area contributed by atoms with Gasteiger partial charge in [0, 0.05) is 6.42 Å². The topological polar surface area (TPSA) is 58.9 Å². The first-order valence-electron chi connectivity index (χ1n) is 3.71. The number of hydrogen-bond donors (Lipinski definition) is 1. The summed E-state index contributed by atoms with van der Waals surface area (Å²) in [5.74, 6) is 0.445. The van der Waals surface area contributed by atoms with Gasteiger partial charge in [-0.1, -0.05) is 6.08 Å². The van der Waals surface area contributed by atoms with E-state index in [0.29, 0.717) is 17.1 Å². The molecule has 0 aromatic carbocycles. The van der Waals surface area contributed by atoms with Crippen molar-refractivity contribution in [3.8, 4) is 0 Å². The van der Waals surface area contributed by atoms with Crippen LogP contribution in [0, 0.1) is 0 Å². The lowest BCUT2D eigenvalue weighted by atomic mass is 10.1. The maximum Gasteiger partial charge on any atom is 0.186 e. The van der Waals surface area contributed by atoms with Crippen LogP contribution in [-0.2, 0) is 15.8 Å². The Morgan fingerprint density at radius 2 is 2.54 bits per heavy atom. The van der Waals surface area contributed by atoms with Crippen molar-refractivity contribution in [3.05, 3.63) is 22.8 Å². The predicted octanol–water partition coefficient (Wildman–Crippen LogP) is 1.10. The van der Waals surface area contributed by atoms with Crippen molar-refractivity contribution in [2.45, 2.75) is 12.5 Å². The molecule has 4 nitrogen and oxygen atoms in total. The minimum absolute atomic E-state index is 0.120. The molecule has 0 radical (unpaired) electrons. The first-order chi connectivity index (χ1) is 6.19. The van der Waals surface area contributed by atoms with E-state index in [1.165, 1.54) is 7.11 Å². The fourth-order valence-corrected chi connectivity index (χ4v) is 1.75. The van der Waals surface area contributed by atoms with E-state index in [1.54, 1.807) is 12.2 Å². The van der Waals surface area contributed by atoms with Gasteiger partial charge in [-0.15, -0.1) is 0 Å². The number of ether oxygens (including phenoxy) is 1. The molecule has 2 atom stereocenters. The Balaban J connectivity index is 2.94. The van der Waals surface area contributed by atoms with E-state index in [4.69, 9.17) is 9.29 Å². The molecule has 0 saturated heterocycles. The van der Waals surface area contributed by atoms with Gasteiger partial charge < -0.3 is 9.29 Å². The fraction of sp³-hybridized carbons (Fsp3) is 0.375. The first kappa shape index (κ1) is 10.1. The number of aliphatic imine (C=N–C) groups is 1. The highest BCUT2D eigenvalue weighted by molar-refractivity contribution is 7.83. The van der Waals surface area contributed by atoms with Crippen molar-refractivity contribution < 1.29 is 13.5 Å². The molecule has 1 aliphatic carbocycles. The second kappa shape index (κ2) is 4.34. The molecular formula is C8H11NO3S. The smallest absolute Gasteiger partial charge is 0.186 e. The molecule has 0 amide bonds. The van der Waals surface area contributed by atoms with E-state index >= 15 is 0 Å². The molecule has 5 heteroatoms. The van der Waals surface area contributed by atoms with Gasteiger partial charge in [0.05, 0.1) is 18.1 Å². The number of methoxy groups -OCH3 is 1. The molecule has 2 unspecified atom stereocenters. The standard InChI is InChI=1S/C8H11NO3S/c1-9-6-3-4-7(12-2)8(5-6)13(10)11/h3-4,6H,1,5H2,2H3,(H,10,11). The minimum Gasteiger partial charge on any atom is -0.496 e. The molecule has 0 spiro atoms. The van der Waals surface area contributed by atoms with Gasteiger partial charge in [-0.3, -0.25) is 4.99 Å². The van der Waals surface area contributed by atoms with E-state index < -0.39 is 11.1 Å². The van der Waals surface area contributed by atoms with Crippen molar-refractivity contribution >= 4 is 17.8 Å². The lowest BCUT2D eigenvalue weighted by molar-refractivity contribution is 0.300. The summed E-state index contributed by atoms with van der Waals surface area (Å²) in [6.45, 7) is 3.38. The van der Waals surface area contributed by atoms with Gasteiger partial charge in [0.15, 0.2) is 11.1 Å². The second-order valence-electron chi connectivity index (χ2n) is 2.55. The summed E-state index contributed by atoms with van der Waals surface area (Å²) in [5, 5.41) is 0. The largest absolute Gasteiger partial charge is 0.496 e. The number of nitrogens with zero attached hydrogens (tertiary/aromatic N) is 1. The van der Waals surface area contributed by atoms with Gasteiger partial charge >= 0.3 is 0 Å². The SMILES string of the molecule is C=NC1C=CC(OC)=C(S(=O)O)C1. The summed E-state index contributed by atoms with van der Waals surface area (Å²) < 4.78 is 24.7. The van der Waals surface area contributed by atoms with Crippen molar-refractivity contribution in [1.82, 2.24) is 0 Å². The van der Waals surface area contributed by atoms with E-state index in [-0.39, 0.29) is 6.04 Å². The summed E-state index contributed by atoms with van der Waals surface area (Å²) in [5.41, 5.74) is 0.